The van der Waals surface area contributed by atoms with Gasteiger partial charge in [-0.2, -0.15) is 0 Å². The van der Waals surface area contributed by atoms with Gasteiger partial charge in [-0.05, 0) is 60.2 Å². The third-order valence-electron chi connectivity index (χ3n) is 5.10. The standard InChI is InChI=1S/C26H22N2O5S/c1-32-20-11-9-18(10-12-20)23(30)16-34-26-27-21(14-17-8-13-22(29)24(15-17)33-2)25(31)28(26)19-6-4-3-5-7-19/h3-15,29H,16H2,1-2H3/b21-14+. The monoisotopic (exact) mass is 474 g/mol. The summed E-state index contributed by atoms with van der Waals surface area (Å²) in [6, 6.07) is 20.8. The van der Waals surface area contributed by atoms with Gasteiger partial charge >= 0.3 is 0 Å². The van der Waals surface area contributed by atoms with Crippen LogP contribution >= 0.6 is 11.8 Å². The van der Waals surface area contributed by atoms with E-state index in [1.807, 2.05) is 30.3 Å². The molecular weight excluding hydrogens is 452 g/mol. The summed E-state index contributed by atoms with van der Waals surface area (Å²) >= 11 is 1.20. The van der Waals surface area contributed by atoms with Crippen molar-refractivity contribution in [2.45, 2.75) is 0 Å². The van der Waals surface area contributed by atoms with Crippen molar-refractivity contribution in [1.82, 2.24) is 0 Å². The third kappa shape index (κ3) is 4.97. The van der Waals surface area contributed by atoms with Crippen LogP contribution in [0.25, 0.3) is 6.08 Å². The van der Waals surface area contributed by atoms with Crippen LogP contribution in [0.5, 0.6) is 17.2 Å². The normalized spacial score (nSPS) is 14.3. The number of nitrogens with zero attached hydrogens (tertiary/aromatic N) is 2. The van der Waals surface area contributed by atoms with Gasteiger partial charge in [-0.15, -0.1) is 0 Å². The number of ether oxygens (including phenoxy) is 2. The zero-order chi connectivity index (χ0) is 24.1. The number of para-hydroxylation sites is 1. The lowest BCUT2D eigenvalue weighted by Crippen LogP contribution is -2.30. The molecular formula is C26H22N2O5S. The molecule has 3 aromatic rings. The number of phenolic OH excluding ortho intramolecular Hbond substituents is 1. The van der Waals surface area contributed by atoms with Gasteiger partial charge in [-0.25, -0.2) is 4.99 Å². The Kier molecular flexibility index (Phi) is 6.98. The van der Waals surface area contributed by atoms with E-state index in [2.05, 4.69) is 4.99 Å². The molecule has 4 rings (SSSR count). The molecule has 3 aromatic carbocycles. The zero-order valence-electron chi connectivity index (χ0n) is 18.6. The minimum atomic E-state index is -0.308. The Morgan fingerprint density at radius 2 is 1.76 bits per heavy atom. The number of amides is 1. The van der Waals surface area contributed by atoms with E-state index in [1.54, 1.807) is 49.6 Å². The van der Waals surface area contributed by atoms with Crippen LogP contribution in [0.15, 0.2) is 83.5 Å². The lowest BCUT2D eigenvalue weighted by molar-refractivity contribution is -0.113. The van der Waals surface area contributed by atoms with Crippen molar-refractivity contribution in [3.63, 3.8) is 0 Å². The predicted molar refractivity (Wildman–Crippen MR) is 134 cm³/mol. The van der Waals surface area contributed by atoms with Crippen molar-refractivity contribution in [3.05, 3.63) is 89.6 Å². The molecule has 0 bridgehead atoms. The molecule has 0 fully saturated rings. The number of amidine groups is 1. The van der Waals surface area contributed by atoms with Crippen LogP contribution in [0, 0.1) is 0 Å². The summed E-state index contributed by atoms with van der Waals surface area (Å²) in [7, 11) is 3.02. The summed E-state index contributed by atoms with van der Waals surface area (Å²) in [6.45, 7) is 0. The first-order valence-corrected chi connectivity index (χ1v) is 11.4. The number of hydrogen-bond donors (Lipinski definition) is 1. The molecule has 0 saturated heterocycles. The van der Waals surface area contributed by atoms with Crippen molar-refractivity contribution in [3.8, 4) is 17.2 Å². The number of benzene rings is 3. The zero-order valence-corrected chi connectivity index (χ0v) is 19.4. The van der Waals surface area contributed by atoms with Crippen molar-refractivity contribution >= 4 is 40.4 Å². The number of thioether (sulfide) groups is 1. The third-order valence-corrected chi connectivity index (χ3v) is 6.03. The summed E-state index contributed by atoms with van der Waals surface area (Å²) in [5.74, 6) is 0.690. The van der Waals surface area contributed by atoms with E-state index >= 15 is 0 Å². The number of aromatic hydroxyl groups is 1. The molecule has 0 unspecified atom stereocenters. The number of phenols is 1. The van der Waals surface area contributed by atoms with Crippen molar-refractivity contribution in [2.75, 3.05) is 24.9 Å². The van der Waals surface area contributed by atoms with Gasteiger partial charge in [-0.1, -0.05) is 36.0 Å². The van der Waals surface area contributed by atoms with Gasteiger partial charge in [0.25, 0.3) is 5.91 Å². The van der Waals surface area contributed by atoms with Gasteiger partial charge in [0.2, 0.25) is 0 Å². The van der Waals surface area contributed by atoms with Crippen LogP contribution in [0.2, 0.25) is 0 Å². The van der Waals surface area contributed by atoms with E-state index in [9.17, 15) is 14.7 Å². The van der Waals surface area contributed by atoms with E-state index < -0.39 is 0 Å². The van der Waals surface area contributed by atoms with E-state index in [4.69, 9.17) is 9.47 Å². The highest BCUT2D eigenvalue weighted by Gasteiger charge is 2.32. The number of carbonyl (C=O) groups is 2. The number of aliphatic imine (C=N–C) groups is 1. The van der Waals surface area contributed by atoms with Crippen LogP contribution < -0.4 is 14.4 Å². The van der Waals surface area contributed by atoms with Crippen LogP contribution in [0.1, 0.15) is 15.9 Å². The Bertz CT molecular complexity index is 1270. The van der Waals surface area contributed by atoms with Crippen molar-refractivity contribution in [2.24, 2.45) is 4.99 Å². The Morgan fingerprint density at radius 3 is 2.44 bits per heavy atom. The molecule has 1 N–H and O–H groups in total. The molecule has 0 spiro atoms. The van der Waals surface area contributed by atoms with Crippen molar-refractivity contribution in [1.29, 1.82) is 0 Å². The predicted octanol–water partition coefficient (Wildman–Crippen LogP) is 4.77. The summed E-state index contributed by atoms with van der Waals surface area (Å²) in [6.07, 6.45) is 1.62. The average Bonchev–Trinajstić information content (AvgIpc) is 3.18. The fourth-order valence-corrected chi connectivity index (χ4v) is 4.24. The fourth-order valence-electron chi connectivity index (χ4n) is 3.33. The molecule has 1 amide bonds. The first kappa shape index (κ1) is 23.1. The molecule has 172 valence electrons. The molecule has 8 heteroatoms. The van der Waals surface area contributed by atoms with E-state index in [0.717, 1.165) is 0 Å². The number of anilines is 1. The molecule has 34 heavy (non-hydrogen) atoms. The molecule has 1 aliphatic rings. The van der Waals surface area contributed by atoms with Crippen LogP contribution in [-0.2, 0) is 4.79 Å². The second-order valence-corrected chi connectivity index (χ2v) is 8.21. The highest BCUT2D eigenvalue weighted by molar-refractivity contribution is 8.14. The van der Waals surface area contributed by atoms with Gasteiger partial charge in [-0.3, -0.25) is 14.5 Å². The molecule has 7 nitrogen and oxygen atoms in total. The molecule has 0 saturated carbocycles. The summed E-state index contributed by atoms with van der Waals surface area (Å²) < 4.78 is 10.3. The maximum atomic E-state index is 13.3. The van der Waals surface area contributed by atoms with Crippen LogP contribution in [-0.4, -0.2) is 41.9 Å². The topological polar surface area (TPSA) is 88.4 Å². The second kappa shape index (κ2) is 10.3. The minimum Gasteiger partial charge on any atom is -0.504 e. The molecule has 0 aliphatic carbocycles. The van der Waals surface area contributed by atoms with Crippen LogP contribution in [0.3, 0.4) is 0 Å². The fraction of sp³-hybridized carbons (Fsp3) is 0.115. The summed E-state index contributed by atoms with van der Waals surface area (Å²) in [5, 5.41) is 10.2. The van der Waals surface area contributed by atoms with E-state index in [0.29, 0.717) is 33.5 Å². The maximum Gasteiger partial charge on any atom is 0.283 e. The van der Waals surface area contributed by atoms with E-state index in [-0.39, 0.29) is 28.9 Å². The number of Topliss-reactive ketones (excluding diaryl/α,β-unsaturated/α-hetero) is 1. The minimum absolute atomic E-state index is 0.00472. The Labute approximate surface area is 201 Å². The average molecular weight is 475 g/mol. The summed E-state index contributed by atoms with van der Waals surface area (Å²) in [4.78, 5) is 32.0. The van der Waals surface area contributed by atoms with Gasteiger partial charge in [0, 0.05) is 5.56 Å². The maximum absolute atomic E-state index is 13.3. The highest BCUT2D eigenvalue weighted by Crippen LogP contribution is 2.32. The number of ketones is 1. The lowest BCUT2D eigenvalue weighted by Gasteiger charge is -2.17. The van der Waals surface area contributed by atoms with Crippen LogP contribution in [0.4, 0.5) is 5.69 Å². The number of hydrogen-bond acceptors (Lipinski definition) is 7. The highest BCUT2D eigenvalue weighted by atomic mass is 32.2. The second-order valence-electron chi connectivity index (χ2n) is 7.27. The molecule has 0 aromatic heterocycles. The lowest BCUT2D eigenvalue weighted by atomic mass is 10.1. The van der Waals surface area contributed by atoms with Gasteiger partial charge < -0.3 is 14.6 Å². The quantitative estimate of drug-likeness (QED) is 0.392. The van der Waals surface area contributed by atoms with E-state index in [1.165, 1.54) is 29.8 Å². The smallest absolute Gasteiger partial charge is 0.283 e. The van der Waals surface area contributed by atoms with Gasteiger partial charge in [0.15, 0.2) is 22.4 Å². The largest absolute Gasteiger partial charge is 0.504 e. The number of methoxy groups -OCH3 is 2. The Hall–Kier alpha value is -4.04. The molecule has 0 radical (unpaired) electrons. The van der Waals surface area contributed by atoms with Gasteiger partial charge in [0.1, 0.15) is 11.4 Å². The number of carbonyl (C=O) groups excluding carboxylic acids is 2. The first-order valence-electron chi connectivity index (χ1n) is 10.4. The Balaban J connectivity index is 1.61. The first-order chi connectivity index (χ1) is 16.5. The number of rotatable bonds is 7. The molecule has 1 aliphatic heterocycles. The van der Waals surface area contributed by atoms with Crippen molar-refractivity contribution < 1.29 is 24.2 Å². The SMILES string of the molecule is COc1ccc(C(=O)CSC2=N/C(=C/c3ccc(O)c(OC)c3)C(=O)N2c2ccccc2)cc1. The molecule has 0 atom stereocenters. The summed E-state index contributed by atoms with van der Waals surface area (Å²) in [5.41, 5.74) is 2.07. The molecule has 1 heterocycles. The van der Waals surface area contributed by atoms with Gasteiger partial charge in [0.05, 0.1) is 25.7 Å². The Morgan fingerprint density at radius 1 is 1.03 bits per heavy atom.